The molecule has 0 aliphatic heterocycles. The lowest BCUT2D eigenvalue weighted by atomic mass is 9.86. The molecule has 1 aromatic carbocycles. The first kappa shape index (κ1) is 18.5. The molecule has 26 heavy (non-hydrogen) atoms. The Morgan fingerprint density at radius 3 is 2.65 bits per heavy atom. The second-order valence-electron chi connectivity index (χ2n) is 7.45. The SMILES string of the molecule is CC(C)(C)c1ccccc1OCC(=O)NNC(=O)c1cc2c(s1)CCC2. The third kappa shape index (κ3) is 4.25. The van der Waals surface area contributed by atoms with Crippen LogP contribution >= 0.6 is 11.3 Å². The molecule has 1 heterocycles. The summed E-state index contributed by atoms with van der Waals surface area (Å²) in [5.41, 5.74) is 7.09. The van der Waals surface area contributed by atoms with E-state index in [0.717, 1.165) is 24.8 Å². The molecule has 0 fully saturated rings. The standard InChI is InChI=1S/C20H24N2O3S/c1-20(2,3)14-8-4-5-9-15(14)25-12-18(23)21-22-19(24)17-11-13-7-6-10-16(13)26-17/h4-5,8-9,11H,6-7,10,12H2,1-3H3,(H,21,23)(H,22,24). The Balaban J connectivity index is 1.51. The van der Waals surface area contributed by atoms with E-state index in [1.54, 1.807) is 0 Å². The van der Waals surface area contributed by atoms with Crippen molar-refractivity contribution >= 4 is 23.2 Å². The number of nitrogens with one attached hydrogen (secondary N) is 2. The van der Waals surface area contributed by atoms with E-state index in [4.69, 9.17) is 4.74 Å². The molecule has 2 N–H and O–H groups in total. The molecule has 0 bridgehead atoms. The molecule has 1 aliphatic rings. The zero-order chi connectivity index (χ0) is 18.7. The van der Waals surface area contributed by atoms with Crippen molar-refractivity contribution in [1.82, 2.24) is 10.9 Å². The average Bonchev–Trinajstić information content (AvgIpc) is 3.19. The van der Waals surface area contributed by atoms with E-state index in [1.165, 1.54) is 21.8 Å². The third-order valence-electron chi connectivity index (χ3n) is 4.34. The highest BCUT2D eigenvalue weighted by Gasteiger charge is 2.20. The van der Waals surface area contributed by atoms with Crippen molar-refractivity contribution in [2.75, 3.05) is 6.61 Å². The van der Waals surface area contributed by atoms with Gasteiger partial charge in [0.05, 0.1) is 4.88 Å². The maximum absolute atomic E-state index is 12.2. The number of hydrogen-bond donors (Lipinski definition) is 2. The molecule has 1 aliphatic carbocycles. The lowest BCUT2D eigenvalue weighted by molar-refractivity contribution is -0.123. The molecule has 0 saturated carbocycles. The molecule has 0 atom stereocenters. The zero-order valence-corrected chi connectivity index (χ0v) is 16.2. The van der Waals surface area contributed by atoms with Crippen LogP contribution in [0, 0.1) is 0 Å². The van der Waals surface area contributed by atoms with E-state index in [2.05, 4.69) is 31.6 Å². The molecule has 5 nitrogen and oxygen atoms in total. The smallest absolute Gasteiger partial charge is 0.279 e. The highest BCUT2D eigenvalue weighted by atomic mass is 32.1. The number of hydrogen-bond acceptors (Lipinski definition) is 4. The number of hydrazine groups is 1. The van der Waals surface area contributed by atoms with Crippen molar-refractivity contribution in [3.63, 3.8) is 0 Å². The Labute approximate surface area is 157 Å². The minimum atomic E-state index is -0.397. The molecule has 0 radical (unpaired) electrons. The van der Waals surface area contributed by atoms with Crippen molar-refractivity contribution in [1.29, 1.82) is 0 Å². The van der Waals surface area contributed by atoms with Gasteiger partial charge in [0.15, 0.2) is 6.61 Å². The molecule has 6 heteroatoms. The summed E-state index contributed by atoms with van der Waals surface area (Å²) >= 11 is 1.50. The van der Waals surface area contributed by atoms with E-state index in [0.29, 0.717) is 10.6 Å². The molecular weight excluding hydrogens is 348 g/mol. The van der Waals surface area contributed by atoms with Crippen molar-refractivity contribution in [2.24, 2.45) is 0 Å². The van der Waals surface area contributed by atoms with Gasteiger partial charge in [0, 0.05) is 4.88 Å². The molecule has 138 valence electrons. The van der Waals surface area contributed by atoms with Crippen molar-refractivity contribution < 1.29 is 14.3 Å². The van der Waals surface area contributed by atoms with Gasteiger partial charge in [-0.3, -0.25) is 20.4 Å². The molecule has 0 spiro atoms. The number of rotatable bonds is 4. The van der Waals surface area contributed by atoms with Crippen LogP contribution in [-0.4, -0.2) is 18.4 Å². The average molecular weight is 372 g/mol. The maximum Gasteiger partial charge on any atom is 0.279 e. The Morgan fingerprint density at radius 1 is 1.15 bits per heavy atom. The summed E-state index contributed by atoms with van der Waals surface area (Å²) in [7, 11) is 0. The number of amides is 2. The van der Waals surface area contributed by atoms with Gasteiger partial charge >= 0.3 is 0 Å². The summed E-state index contributed by atoms with van der Waals surface area (Å²) in [6.07, 6.45) is 3.24. The highest BCUT2D eigenvalue weighted by molar-refractivity contribution is 7.14. The van der Waals surface area contributed by atoms with Crippen LogP contribution < -0.4 is 15.6 Å². The second-order valence-corrected chi connectivity index (χ2v) is 8.59. The summed E-state index contributed by atoms with van der Waals surface area (Å²) in [4.78, 5) is 26.1. The van der Waals surface area contributed by atoms with E-state index in [1.807, 2.05) is 30.3 Å². The van der Waals surface area contributed by atoms with Gasteiger partial charge in [0.2, 0.25) is 0 Å². The minimum absolute atomic E-state index is 0.0825. The third-order valence-corrected chi connectivity index (χ3v) is 5.58. The second kappa shape index (κ2) is 7.50. The van der Waals surface area contributed by atoms with Gasteiger partial charge in [-0.15, -0.1) is 11.3 Å². The number of para-hydroxylation sites is 1. The Hall–Kier alpha value is -2.34. The largest absolute Gasteiger partial charge is 0.483 e. The maximum atomic E-state index is 12.2. The summed E-state index contributed by atoms with van der Waals surface area (Å²) < 4.78 is 5.65. The van der Waals surface area contributed by atoms with Crippen molar-refractivity contribution in [2.45, 2.75) is 45.4 Å². The predicted molar refractivity (Wildman–Crippen MR) is 103 cm³/mol. The highest BCUT2D eigenvalue weighted by Crippen LogP contribution is 2.31. The lowest BCUT2D eigenvalue weighted by Crippen LogP contribution is -2.43. The van der Waals surface area contributed by atoms with E-state index < -0.39 is 5.91 Å². The first-order valence-corrected chi connectivity index (χ1v) is 9.59. The van der Waals surface area contributed by atoms with Gasteiger partial charge in [-0.1, -0.05) is 39.0 Å². The fraction of sp³-hybridized carbons (Fsp3) is 0.400. The summed E-state index contributed by atoms with van der Waals surface area (Å²) in [5.74, 6) is -0.00448. The molecule has 0 unspecified atom stereocenters. The van der Waals surface area contributed by atoms with Crippen LogP contribution in [0.4, 0.5) is 0 Å². The number of ether oxygens (including phenoxy) is 1. The van der Waals surface area contributed by atoms with Crippen LogP contribution in [0.2, 0.25) is 0 Å². The fourth-order valence-corrected chi connectivity index (χ4v) is 4.17. The number of thiophene rings is 1. The van der Waals surface area contributed by atoms with Gasteiger partial charge in [0.25, 0.3) is 11.8 Å². The van der Waals surface area contributed by atoms with E-state index in [-0.39, 0.29) is 17.9 Å². The van der Waals surface area contributed by atoms with Crippen LogP contribution in [0.3, 0.4) is 0 Å². The molecule has 0 saturated heterocycles. The zero-order valence-electron chi connectivity index (χ0n) is 15.3. The molecule has 2 aromatic rings. The number of carbonyl (C=O) groups is 2. The molecule has 1 aromatic heterocycles. The monoisotopic (exact) mass is 372 g/mol. The number of benzene rings is 1. The normalized spacial score (nSPS) is 13.2. The first-order chi connectivity index (χ1) is 12.3. The Kier molecular flexibility index (Phi) is 5.32. The van der Waals surface area contributed by atoms with Crippen molar-refractivity contribution in [3.8, 4) is 5.75 Å². The molecule has 2 amide bonds. The molecule has 3 rings (SSSR count). The van der Waals surface area contributed by atoms with Gasteiger partial charge in [-0.05, 0) is 47.9 Å². The summed E-state index contributed by atoms with van der Waals surface area (Å²) in [6.45, 7) is 6.12. The van der Waals surface area contributed by atoms with Crippen LogP contribution in [0.1, 0.15) is 52.9 Å². The van der Waals surface area contributed by atoms with Crippen LogP contribution in [0.5, 0.6) is 5.75 Å². The fourth-order valence-electron chi connectivity index (χ4n) is 3.02. The topological polar surface area (TPSA) is 67.4 Å². The summed E-state index contributed by atoms with van der Waals surface area (Å²) in [6, 6.07) is 9.58. The quantitative estimate of drug-likeness (QED) is 0.809. The van der Waals surface area contributed by atoms with E-state index in [9.17, 15) is 9.59 Å². The minimum Gasteiger partial charge on any atom is -0.483 e. The Morgan fingerprint density at radius 2 is 1.92 bits per heavy atom. The Bertz CT molecular complexity index is 799. The van der Waals surface area contributed by atoms with Crippen molar-refractivity contribution in [3.05, 3.63) is 51.2 Å². The first-order valence-electron chi connectivity index (χ1n) is 8.77. The van der Waals surface area contributed by atoms with Gasteiger partial charge in [0.1, 0.15) is 5.75 Å². The van der Waals surface area contributed by atoms with Crippen LogP contribution in [-0.2, 0) is 23.1 Å². The lowest BCUT2D eigenvalue weighted by Gasteiger charge is -2.22. The predicted octanol–water partition coefficient (Wildman–Crippen LogP) is 3.37. The number of aryl methyl sites for hydroxylation is 2. The van der Waals surface area contributed by atoms with Crippen LogP contribution in [0.25, 0.3) is 0 Å². The summed E-state index contributed by atoms with van der Waals surface area (Å²) in [5, 5.41) is 0. The molecular formula is C20H24N2O3S. The van der Waals surface area contributed by atoms with Gasteiger partial charge < -0.3 is 4.74 Å². The number of carbonyl (C=O) groups excluding carboxylic acids is 2. The van der Waals surface area contributed by atoms with E-state index >= 15 is 0 Å². The van der Waals surface area contributed by atoms with Crippen LogP contribution in [0.15, 0.2) is 30.3 Å². The van der Waals surface area contributed by atoms with Gasteiger partial charge in [-0.2, -0.15) is 0 Å². The number of fused-ring (bicyclic) bond motifs is 1. The van der Waals surface area contributed by atoms with Gasteiger partial charge in [-0.25, -0.2) is 0 Å².